The van der Waals surface area contributed by atoms with E-state index in [1.807, 2.05) is 12.1 Å². The van der Waals surface area contributed by atoms with E-state index in [4.69, 9.17) is 32.1 Å². The van der Waals surface area contributed by atoms with E-state index in [-0.39, 0.29) is 11.2 Å². The molecule has 2 atom stereocenters. The first-order valence-corrected chi connectivity index (χ1v) is 11.7. The molecule has 0 radical (unpaired) electrons. The Kier molecular flexibility index (Phi) is 9.34. The van der Waals surface area contributed by atoms with Gasteiger partial charge in [0.15, 0.2) is 0 Å². The SMILES string of the molecule is CC(CCl)(CCc1ccccc1)O[SiH2]OC(C)(CCl)CCc1ccccc1. The van der Waals surface area contributed by atoms with Gasteiger partial charge in [0.25, 0.3) is 0 Å². The molecule has 5 heteroatoms. The van der Waals surface area contributed by atoms with Crippen molar-refractivity contribution >= 4 is 33.2 Å². The van der Waals surface area contributed by atoms with E-state index >= 15 is 0 Å². The van der Waals surface area contributed by atoms with Gasteiger partial charge < -0.3 is 8.85 Å². The van der Waals surface area contributed by atoms with Crippen molar-refractivity contribution in [1.29, 1.82) is 0 Å². The molecule has 2 unspecified atom stereocenters. The average Bonchev–Trinajstić information content (AvgIpc) is 2.72. The summed E-state index contributed by atoms with van der Waals surface area (Å²) in [7, 11) is -1.19. The zero-order valence-electron chi connectivity index (χ0n) is 16.3. The standard InChI is InChI=1S/C22H30Cl2O2Si/c1-21(17-23,15-13-19-9-5-3-6-10-19)25-27-26-22(2,18-24)16-14-20-11-7-4-8-12-20/h3-12H,13-18,27H2,1-2H3. The van der Waals surface area contributed by atoms with Crippen LogP contribution in [0.1, 0.15) is 37.8 Å². The van der Waals surface area contributed by atoms with E-state index in [1.165, 1.54) is 11.1 Å². The highest BCUT2D eigenvalue weighted by atomic mass is 35.5. The van der Waals surface area contributed by atoms with Gasteiger partial charge in [-0.2, -0.15) is 0 Å². The first-order chi connectivity index (χ1) is 13.0. The third kappa shape index (κ3) is 7.96. The summed E-state index contributed by atoms with van der Waals surface area (Å²) in [6, 6.07) is 20.8. The van der Waals surface area contributed by atoms with E-state index in [1.54, 1.807) is 0 Å². The van der Waals surface area contributed by atoms with Crippen LogP contribution < -0.4 is 0 Å². The van der Waals surface area contributed by atoms with Gasteiger partial charge in [-0.05, 0) is 50.7 Å². The van der Waals surface area contributed by atoms with E-state index in [0.29, 0.717) is 11.8 Å². The predicted octanol–water partition coefficient (Wildman–Crippen LogP) is 5.28. The molecule has 0 bridgehead atoms. The van der Waals surface area contributed by atoms with Crippen LogP contribution in [-0.2, 0) is 21.7 Å². The molecule has 0 fully saturated rings. The fourth-order valence-electron chi connectivity index (χ4n) is 2.78. The lowest BCUT2D eigenvalue weighted by Gasteiger charge is -2.32. The fraction of sp³-hybridized carbons (Fsp3) is 0.455. The minimum atomic E-state index is -1.19. The maximum absolute atomic E-state index is 6.22. The van der Waals surface area contributed by atoms with Crippen molar-refractivity contribution in [2.75, 3.05) is 11.8 Å². The molecule has 27 heavy (non-hydrogen) atoms. The molecule has 0 saturated carbocycles. The minimum Gasteiger partial charge on any atom is -0.392 e. The summed E-state index contributed by atoms with van der Waals surface area (Å²) < 4.78 is 12.4. The Morgan fingerprint density at radius 1 is 0.704 bits per heavy atom. The molecule has 0 aliphatic rings. The first kappa shape index (κ1) is 22.4. The second kappa shape index (κ2) is 11.2. The molecule has 2 aromatic carbocycles. The van der Waals surface area contributed by atoms with Crippen molar-refractivity contribution in [2.24, 2.45) is 0 Å². The molecule has 148 valence electrons. The Hall–Kier alpha value is -0.843. The van der Waals surface area contributed by atoms with E-state index in [9.17, 15) is 0 Å². The second-order valence-corrected chi connectivity index (χ2v) is 8.89. The van der Waals surface area contributed by atoms with E-state index in [0.717, 1.165) is 25.7 Å². The van der Waals surface area contributed by atoms with Gasteiger partial charge in [0.05, 0.1) is 23.0 Å². The molecule has 2 nitrogen and oxygen atoms in total. The molecule has 0 amide bonds. The molecule has 0 spiro atoms. The van der Waals surface area contributed by atoms with Gasteiger partial charge in [-0.3, -0.25) is 0 Å². The summed E-state index contributed by atoms with van der Waals surface area (Å²) in [5.74, 6) is 0.912. The average molecular weight is 425 g/mol. The number of rotatable bonds is 12. The molecule has 0 N–H and O–H groups in total. The first-order valence-electron chi connectivity index (χ1n) is 9.46. The van der Waals surface area contributed by atoms with Crippen LogP contribution in [0.5, 0.6) is 0 Å². The van der Waals surface area contributed by atoms with Crippen molar-refractivity contribution in [2.45, 2.75) is 50.7 Å². The van der Waals surface area contributed by atoms with Crippen molar-refractivity contribution < 1.29 is 8.85 Å². The number of benzene rings is 2. The summed E-state index contributed by atoms with van der Waals surface area (Å²) >= 11 is 12.4. The number of halogens is 2. The highest BCUT2D eigenvalue weighted by molar-refractivity contribution is 6.21. The minimum absolute atomic E-state index is 0.365. The summed E-state index contributed by atoms with van der Waals surface area (Å²) in [6.45, 7) is 4.14. The monoisotopic (exact) mass is 424 g/mol. The zero-order valence-corrected chi connectivity index (χ0v) is 19.2. The lowest BCUT2D eigenvalue weighted by Crippen LogP contribution is -2.39. The van der Waals surface area contributed by atoms with Crippen LogP contribution in [0.2, 0.25) is 0 Å². The molecule has 0 aromatic heterocycles. The molecule has 2 rings (SSSR count). The number of alkyl halides is 2. The lowest BCUT2D eigenvalue weighted by molar-refractivity contribution is 0.0286. The van der Waals surface area contributed by atoms with Crippen LogP contribution in [0.4, 0.5) is 0 Å². The largest absolute Gasteiger partial charge is 0.392 e. The van der Waals surface area contributed by atoms with Crippen molar-refractivity contribution in [1.82, 2.24) is 0 Å². The van der Waals surface area contributed by atoms with Crippen LogP contribution in [0, 0.1) is 0 Å². The van der Waals surface area contributed by atoms with Crippen LogP contribution in [0.3, 0.4) is 0 Å². The number of aryl methyl sites for hydroxylation is 2. The summed E-state index contributed by atoms with van der Waals surface area (Å²) in [6.07, 6.45) is 3.63. The summed E-state index contributed by atoms with van der Waals surface area (Å²) in [4.78, 5) is 0. The number of hydrogen-bond acceptors (Lipinski definition) is 2. The lowest BCUT2D eigenvalue weighted by atomic mass is 9.99. The highest BCUT2D eigenvalue weighted by Gasteiger charge is 2.28. The second-order valence-electron chi connectivity index (χ2n) is 7.54. The zero-order chi connectivity index (χ0) is 19.6. The van der Waals surface area contributed by atoms with Gasteiger partial charge in [0.2, 0.25) is 0 Å². The van der Waals surface area contributed by atoms with Gasteiger partial charge in [-0.15, -0.1) is 23.2 Å². The summed E-state index contributed by atoms with van der Waals surface area (Å²) in [5, 5.41) is 0. The van der Waals surface area contributed by atoms with Gasteiger partial charge in [0.1, 0.15) is 0 Å². The van der Waals surface area contributed by atoms with Gasteiger partial charge in [-0.25, -0.2) is 0 Å². The highest BCUT2D eigenvalue weighted by Crippen LogP contribution is 2.24. The predicted molar refractivity (Wildman–Crippen MR) is 118 cm³/mol. The van der Waals surface area contributed by atoms with Crippen molar-refractivity contribution in [3.8, 4) is 0 Å². The Bertz CT molecular complexity index is 598. The smallest absolute Gasteiger partial charge is 0.305 e. The van der Waals surface area contributed by atoms with Crippen LogP contribution in [-0.4, -0.2) is 33.0 Å². The maximum atomic E-state index is 6.22. The van der Waals surface area contributed by atoms with Crippen molar-refractivity contribution in [3.05, 3.63) is 71.8 Å². The Morgan fingerprint density at radius 2 is 1.07 bits per heavy atom. The van der Waals surface area contributed by atoms with Crippen LogP contribution >= 0.6 is 23.2 Å². The van der Waals surface area contributed by atoms with E-state index < -0.39 is 10.0 Å². The maximum Gasteiger partial charge on any atom is 0.305 e. The molecular formula is C22H30Cl2O2Si. The molecule has 0 aliphatic heterocycles. The quantitative estimate of drug-likeness (QED) is 0.340. The van der Waals surface area contributed by atoms with Crippen LogP contribution in [0.25, 0.3) is 0 Å². The molecule has 0 aliphatic carbocycles. The fourth-order valence-corrected chi connectivity index (χ4v) is 4.58. The topological polar surface area (TPSA) is 18.5 Å². The Labute approximate surface area is 176 Å². The Balaban J connectivity index is 1.81. The van der Waals surface area contributed by atoms with Gasteiger partial charge in [0, 0.05) is 0 Å². The summed E-state index contributed by atoms with van der Waals surface area (Å²) in [5.41, 5.74) is 1.87. The molecule has 2 aromatic rings. The molecule has 0 saturated heterocycles. The van der Waals surface area contributed by atoms with Gasteiger partial charge in [-0.1, -0.05) is 60.7 Å². The molecule has 0 heterocycles. The third-order valence-electron chi connectivity index (χ3n) is 4.95. The Morgan fingerprint density at radius 3 is 1.41 bits per heavy atom. The normalized spacial score (nSPS) is 16.3. The van der Waals surface area contributed by atoms with Crippen molar-refractivity contribution in [3.63, 3.8) is 0 Å². The van der Waals surface area contributed by atoms with E-state index in [2.05, 4.69) is 62.4 Å². The number of hydrogen-bond donors (Lipinski definition) is 0. The third-order valence-corrected chi connectivity index (χ3v) is 7.71. The molecular weight excluding hydrogens is 395 g/mol. The van der Waals surface area contributed by atoms with Crippen LogP contribution in [0.15, 0.2) is 60.7 Å². The van der Waals surface area contributed by atoms with Gasteiger partial charge >= 0.3 is 10.0 Å².